The fourth-order valence-electron chi connectivity index (χ4n) is 5.10. The number of ether oxygens (including phenoxy) is 4. The number of methoxy groups -OCH3 is 4. The van der Waals surface area contributed by atoms with E-state index < -0.39 is 17.8 Å². The van der Waals surface area contributed by atoms with Crippen molar-refractivity contribution in [2.45, 2.75) is 31.6 Å². The molecule has 7 nitrogen and oxygen atoms in total. The van der Waals surface area contributed by atoms with Crippen LogP contribution in [0.2, 0.25) is 0 Å². The van der Waals surface area contributed by atoms with Gasteiger partial charge in [0.05, 0.1) is 28.4 Å². The number of ketones is 1. The van der Waals surface area contributed by atoms with Crippen molar-refractivity contribution in [2.24, 2.45) is 10.9 Å². The summed E-state index contributed by atoms with van der Waals surface area (Å²) in [5.41, 5.74) is 3.64. The molecule has 0 fully saturated rings. The molecule has 2 aromatic carbocycles. The zero-order chi connectivity index (χ0) is 24.4. The number of carbonyl (C=O) groups excluding carboxylic acids is 2. The first-order chi connectivity index (χ1) is 16.4. The van der Waals surface area contributed by atoms with Crippen molar-refractivity contribution < 1.29 is 28.5 Å². The molecule has 0 aromatic heterocycles. The van der Waals surface area contributed by atoms with Gasteiger partial charge in [-0.25, -0.2) is 0 Å². The average Bonchev–Trinajstić information content (AvgIpc) is 2.86. The molecule has 2 aromatic rings. The maximum atomic E-state index is 13.7. The number of allylic oxidation sites excluding steroid dienone is 2. The second-order valence-corrected chi connectivity index (χ2v) is 8.48. The first-order valence-corrected chi connectivity index (χ1v) is 11.2. The van der Waals surface area contributed by atoms with E-state index in [-0.39, 0.29) is 11.7 Å². The van der Waals surface area contributed by atoms with E-state index in [0.717, 1.165) is 11.3 Å². The van der Waals surface area contributed by atoms with Gasteiger partial charge in [0.25, 0.3) is 0 Å². The molecule has 1 heterocycles. The lowest BCUT2D eigenvalue weighted by Gasteiger charge is -2.37. The fraction of sp³-hybridized carbons (Fsp3) is 0.370. The Bertz CT molecular complexity index is 1160. The maximum Gasteiger partial charge on any atom is 0.315 e. The highest BCUT2D eigenvalue weighted by Crippen LogP contribution is 2.50. The van der Waals surface area contributed by atoms with Crippen LogP contribution >= 0.6 is 0 Å². The van der Waals surface area contributed by atoms with Crippen LogP contribution in [-0.4, -0.2) is 45.9 Å². The third kappa shape index (κ3) is 4.06. The summed E-state index contributed by atoms with van der Waals surface area (Å²) in [4.78, 5) is 31.3. The van der Waals surface area contributed by atoms with Crippen molar-refractivity contribution in [2.75, 3.05) is 28.4 Å². The Labute approximate surface area is 199 Å². The summed E-state index contributed by atoms with van der Waals surface area (Å²) in [7, 11) is 6.08. The third-order valence-corrected chi connectivity index (χ3v) is 6.70. The van der Waals surface area contributed by atoms with E-state index in [1.54, 1.807) is 27.4 Å². The van der Waals surface area contributed by atoms with E-state index in [1.165, 1.54) is 7.11 Å². The van der Waals surface area contributed by atoms with Gasteiger partial charge in [0, 0.05) is 34.9 Å². The Morgan fingerprint density at radius 2 is 1.68 bits per heavy atom. The minimum absolute atomic E-state index is 0.00348. The van der Waals surface area contributed by atoms with Crippen molar-refractivity contribution in [3.63, 3.8) is 0 Å². The quantitative estimate of drug-likeness (QED) is 0.588. The van der Waals surface area contributed by atoms with E-state index in [0.29, 0.717) is 46.9 Å². The molecule has 7 heteroatoms. The fourth-order valence-corrected chi connectivity index (χ4v) is 5.10. The predicted octanol–water partition coefficient (Wildman–Crippen LogP) is 4.46. The highest BCUT2D eigenvalue weighted by Gasteiger charge is 2.45. The van der Waals surface area contributed by atoms with Gasteiger partial charge in [-0.3, -0.25) is 14.6 Å². The zero-order valence-electron chi connectivity index (χ0n) is 20.1. The minimum atomic E-state index is -0.730. The number of esters is 1. The summed E-state index contributed by atoms with van der Waals surface area (Å²) < 4.78 is 21.6. The van der Waals surface area contributed by atoms with E-state index in [1.807, 2.05) is 43.3 Å². The molecule has 34 heavy (non-hydrogen) atoms. The lowest BCUT2D eigenvalue weighted by Crippen LogP contribution is -2.38. The summed E-state index contributed by atoms with van der Waals surface area (Å²) in [6, 6.07) is 13.3. The number of Topliss-reactive ketones (excluding diaryl/α,β-unsaturated/α-hetero) is 1. The lowest BCUT2D eigenvalue weighted by atomic mass is 9.69. The van der Waals surface area contributed by atoms with Crippen LogP contribution in [0.4, 0.5) is 0 Å². The second kappa shape index (κ2) is 9.71. The molecule has 4 rings (SSSR count). The summed E-state index contributed by atoms with van der Waals surface area (Å²) in [6.07, 6.45) is 0.928. The molecule has 0 saturated carbocycles. The van der Waals surface area contributed by atoms with Crippen molar-refractivity contribution in [1.82, 2.24) is 0 Å². The highest BCUT2D eigenvalue weighted by atomic mass is 16.5. The van der Waals surface area contributed by atoms with Gasteiger partial charge in [0.2, 0.25) is 0 Å². The van der Waals surface area contributed by atoms with Crippen LogP contribution in [0, 0.1) is 5.92 Å². The molecule has 178 valence electrons. The first kappa shape index (κ1) is 23.5. The smallest absolute Gasteiger partial charge is 0.315 e. The zero-order valence-corrected chi connectivity index (χ0v) is 20.1. The molecule has 1 aliphatic carbocycles. The topological polar surface area (TPSA) is 83.4 Å². The highest BCUT2D eigenvalue weighted by molar-refractivity contribution is 6.09. The van der Waals surface area contributed by atoms with Crippen LogP contribution in [0.25, 0.3) is 0 Å². The average molecular weight is 464 g/mol. The molecule has 3 atom stereocenters. The van der Waals surface area contributed by atoms with Gasteiger partial charge in [-0.15, -0.1) is 0 Å². The van der Waals surface area contributed by atoms with Crippen molar-refractivity contribution in [3.8, 4) is 17.2 Å². The number of rotatable bonds is 6. The Morgan fingerprint density at radius 3 is 2.29 bits per heavy atom. The summed E-state index contributed by atoms with van der Waals surface area (Å²) in [5.74, 6) is 0.0240. The number of aliphatic imine (C=N–C) groups is 1. The number of benzene rings is 2. The second-order valence-electron chi connectivity index (χ2n) is 8.48. The van der Waals surface area contributed by atoms with E-state index in [9.17, 15) is 9.59 Å². The van der Waals surface area contributed by atoms with E-state index in [4.69, 9.17) is 23.9 Å². The number of para-hydroxylation sites is 1. The molecular weight excluding hydrogens is 434 g/mol. The number of carbonyl (C=O) groups is 2. The Balaban J connectivity index is 1.84. The van der Waals surface area contributed by atoms with Crippen LogP contribution in [0.3, 0.4) is 0 Å². The monoisotopic (exact) mass is 463 g/mol. The van der Waals surface area contributed by atoms with Gasteiger partial charge in [-0.2, -0.15) is 0 Å². The van der Waals surface area contributed by atoms with Crippen LogP contribution in [-0.2, 0) is 14.3 Å². The normalized spacial score (nSPS) is 22.0. The largest absolute Gasteiger partial charge is 0.497 e. The SMILES string of the molecule is COC(=O)C1C(C)=NC2=C(C(=O)C[C@H](c3ccc(OC)cc3)C2)[C@H]1c1cccc(OC)c1OC. The van der Waals surface area contributed by atoms with Crippen LogP contribution in [0.15, 0.2) is 58.7 Å². The number of hydrogen-bond donors (Lipinski definition) is 0. The molecule has 0 amide bonds. The predicted molar refractivity (Wildman–Crippen MR) is 128 cm³/mol. The molecule has 1 aliphatic heterocycles. The van der Waals surface area contributed by atoms with Gasteiger partial charge in [-0.05, 0) is 43.0 Å². The third-order valence-electron chi connectivity index (χ3n) is 6.70. The molecule has 0 radical (unpaired) electrons. The molecule has 2 aliphatic rings. The standard InChI is InChI=1S/C27H29NO6/c1-15-23(27(30)34-5)24(19-7-6-8-22(32-3)26(19)33-4)25-20(28-15)13-17(14-21(25)29)16-9-11-18(31-2)12-10-16/h6-12,17,23-24H,13-14H2,1-5H3/t17-,23?,24+/m1/s1. The Kier molecular flexibility index (Phi) is 6.72. The van der Waals surface area contributed by atoms with Crippen molar-refractivity contribution >= 4 is 17.5 Å². The number of hydrogen-bond acceptors (Lipinski definition) is 7. The van der Waals surface area contributed by atoms with E-state index in [2.05, 4.69) is 0 Å². The van der Waals surface area contributed by atoms with E-state index >= 15 is 0 Å². The first-order valence-electron chi connectivity index (χ1n) is 11.2. The van der Waals surface area contributed by atoms with Crippen LogP contribution in [0.1, 0.15) is 42.7 Å². The summed E-state index contributed by atoms with van der Waals surface area (Å²) in [5, 5.41) is 0. The van der Waals surface area contributed by atoms with Gasteiger partial charge in [0.15, 0.2) is 17.3 Å². The number of nitrogens with zero attached hydrogens (tertiary/aromatic N) is 1. The lowest BCUT2D eigenvalue weighted by molar-refractivity contribution is -0.143. The Hall–Kier alpha value is -3.61. The van der Waals surface area contributed by atoms with Crippen molar-refractivity contribution in [1.29, 1.82) is 0 Å². The van der Waals surface area contributed by atoms with Crippen LogP contribution < -0.4 is 14.2 Å². The maximum absolute atomic E-state index is 13.7. The summed E-state index contributed by atoms with van der Waals surface area (Å²) in [6.45, 7) is 1.81. The van der Waals surface area contributed by atoms with Crippen molar-refractivity contribution in [3.05, 3.63) is 64.9 Å². The van der Waals surface area contributed by atoms with Gasteiger partial charge in [-0.1, -0.05) is 24.3 Å². The molecule has 1 unspecified atom stereocenters. The van der Waals surface area contributed by atoms with Gasteiger partial charge in [0.1, 0.15) is 11.7 Å². The summed E-state index contributed by atoms with van der Waals surface area (Å²) >= 11 is 0. The molecule has 0 bridgehead atoms. The molecule has 0 spiro atoms. The van der Waals surface area contributed by atoms with Gasteiger partial charge < -0.3 is 18.9 Å². The molecule has 0 saturated heterocycles. The molecule has 0 N–H and O–H groups in total. The Morgan fingerprint density at radius 1 is 0.941 bits per heavy atom. The van der Waals surface area contributed by atoms with Crippen LogP contribution in [0.5, 0.6) is 17.2 Å². The van der Waals surface area contributed by atoms with Gasteiger partial charge >= 0.3 is 5.97 Å². The minimum Gasteiger partial charge on any atom is -0.497 e. The molecular formula is C27H29NO6.